The van der Waals surface area contributed by atoms with E-state index in [1.54, 1.807) is 6.07 Å². The van der Waals surface area contributed by atoms with Crippen molar-refractivity contribution in [2.75, 3.05) is 0 Å². The summed E-state index contributed by atoms with van der Waals surface area (Å²) < 4.78 is 1.83. The van der Waals surface area contributed by atoms with Crippen molar-refractivity contribution in [2.45, 2.75) is 39.8 Å². The Morgan fingerprint density at radius 2 is 2.26 bits per heavy atom. The van der Waals surface area contributed by atoms with Gasteiger partial charge in [-0.05, 0) is 38.5 Å². The number of aryl methyl sites for hydroxylation is 2. The van der Waals surface area contributed by atoms with Crippen LogP contribution in [-0.2, 0) is 6.54 Å². The molecule has 7 nitrogen and oxygen atoms in total. The molecule has 0 unspecified atom stereocenters. The Labute approximate surface area is 134 Å². The van der Waals surface area contributed by atoms with Crippen LogP contribution in [0.5, 0.6) is 0 Å². The molecule has 2 N–H and O–H groups in total. The summed E-state index contributed by atoms with van der Waals surface area (Å²) in [5.41, 5.74) is 2.31. The van der Waals surface area contributed by atoms with Crippen LogP contribution < -0.4 is 5.32 Å². The van der Waals surface area contributed by atoms with Crippen molar-refractivity contribution in [3.63, 3.8) is 0 Å². The van der Waals surface area contributed by atoms with Crippen molar-refractivity contribution in [1.82, 2.24) is 30.0 Å². The number of amides is 1. The topological polar surface area (TPSA) is 88.5 Å². The Morgan fingerprint density at radius 1 is 1.43 bits per heavy atom. The van der Waals surface area contributed by atoms with Crippen LogP contribution in [0.1, 0.15) is 48.3 Å². The SMILES string of the molecule is CCCn1ncnc1[C@@H](C)NC(=O)c1ccc2nc(C)[nH]c2c1. The molecule has 2 aromatic heterocycles. The first-order chi connectivity index (χ1) is 11.1. The van der Waals surface area contributed by atoms with Crippen molar-refractivity contribution in [2.24, 2.45) is 0 Å². The van der Waals surface area contributed by atoms with Gasteiger partial charge in [-0.1, -0.05) is 6.92 Å². The lowest BCUT2D eigenvalue weighted by atomic mass is 10.1. The van der Waals surface area contributed by atoms with Crippen molar-refractivity contribution >= 4 is 16.9 Å². The Kier molecular flexibility index (Phi) is 4.10. The van der Waals surface area contributed by atoms with Gasteiger partial charge in [0.15, 0.2) is 0 Å². The molecule has 1 amide bonds. The average Bonchev–Trinajstić information content (AvgIpc) is 3.11. The maximum atomic E-state index is 12.5. The third-order valence-electron chi connectivity index (χ3n) is 3.68. The van der Waals surface area contributed by atoms with Gasteiger partial charge in [-0.25, -0.2) is 14.6 Å². The highest BCUT2D eigenvalue weighted by Gasteiger charge is 2.17. The van der Waals surface area contributed by atoms with Gasteiger partial charge in [0.25, 0.3) is 5.91 Å². The van der Waals surface area contributed by atoms with Gasteiger partial charge < -0.3 is 10.3 Å². The van der Waals surface area contributed by atoms with Crippen molar-refractivity contribution in [3.8, 4) is 0 Å². The van der Waals surface area contributed by atoms with E-state index in [1.165, 1.54) is 6.33 Å². The summed E-state index contributed by atoms with van der Waals surface area (Å²) in [5, 5.41) is 7.16. The van der Waals surface area contributed by atoms with E-state index in [0.29, 0.717) is 5.56 Å². The summed E-state index contributed by atoms with van der Waals surface area (Å²) in [4.78, 5) is 24.2. The standard InChI is InChI=1S/C16H20N6O/c1-4-7-22-15(17-9-18-22)10(2)19-16(23)12-5-6-13-14(8-12)21-11(3)20-13/h5-6,8-10H,4,7H2,1-3H3,(H,19,23)(H,20,21)/t10-/m1/s1. The minimum atomic E-state index is -0.212. The van der Waals surface area contributed by atoms with Gasteiger partial charge in [0.05, 0.1) is 17.1 Å². The van der Waals surface area contributed by atoms with Crippen LogP contribution in [0.2, 0.25) is 0 Å². The highest BCUT2D eigenvalue weighted by molar-refractivity contribution is 5.97. The normalized spacial score (nSPS) is 12.5. The second-order valence-electron chi connectivity index (χ2n) is 5.59. The zero-order valence-electron chi connectivity index (χ0n) is 13.5. The lowest BCUT2D eigenvalue weighted by Gasteiger charge is -2.14. The molecule has 0 aliphatic heterocycles. The lowest BCUT2D eigenvalue weighted by molar-refractivity contribution is 0.0937. The summed E-state index contributed by atoms with van der Waals surface area (Å²) in [5.74, 6) is 1.45. The number of hydrogen-bond donors (Lipinski definition) is 2. The average molecular weight is 312 g/mol. The van der Waals surface area contributed by atoms with E-state index in [0.717, 1.165) is 35.6 Å². The predicted octanol–water partition coefficient (Wildman–Crippen LogP) is 2.36. The van der Waals surface area contributed by atoms with Crippen LogP contribution >= 0.6 is 0 Å². The molecule has 1 aromatic carbocycles. The third kappa shape index (κ3) is 3.08. The molecular weight excluding hydrogens is 292 g/mol. The molecule has 7 heteroatoms. The Morgan fingerprint density at radius 3 is 3.04 bits per heavy atom. The van der Waals surface area contributed by atoms with Gasteiger partial charge in [0, 0.05) is 12.1 Å². The largest absolute Gasteiger partial charge is 0.342 e. The molecule has 3 aromatic rings. The summed E-state index contributed by atoms with van der Waals surface area (Å²) in [6.45, 7) is 6.67. The first kappa shape index (κ1) is 15.2. The Balaban J connectivity index is 1.77. The van der Waals surface area contributed by atoms with E-state index in [2.05, 4.69) is 32.3 Å². The number of nitrogens with one attached hydrogen (secondary N) is 2. The first-order valence-corrected chi connectivity index (χ1v) is 7.73. The van der Waals surface area contributed by atoms with E-state index < -0.39 is 0 Å². The van der Waals surface area contributed by atoms with Crippen LogP contribution in [0.15, 0.2) is 24.5 Å². The highest BCUT2D eigenvalue weighted by atomic mass is 16.1. The van der Waals surface area contributed by atoms with E-state index in [1.807, 2.05) is 30.7 Å². The molecule has 0 radical (unpaired) electrons. The minimum absolute atomic E-state index is 0.141. The second-order valence-corrected chi connectivity index (χ2v) is 5.59. The molecule has 23 heavy (non-hydrogen) atoms. The number of H-pyrrole nitrogens is 1. The third-order valence-corrected chi connectivity index (χ3v) is 3.68. The number of hydrogen-bond acceptors (Lipinski definition) is 4. The second kappa shape index (κ2) is 6.20. The zero-order valence-corrected chi connectivity index (χ0v) is 13.5. The van der Waals surface area contributed by atoms with Crippen molar-refractivity contribution < 1.29 is 4.79 Å². The molecule has 0 spiro atoms. The molecule has 0 saturated heterocycles. The molecule has 0 saturated carbocycles. The summed E-state index contributed by atoms with van der Waals surface area (Å²) in [6.07, 6.45) is 2.49. The van der Waals surface area contributed by atoms with Crippen LogP contribution in [-0.4, -0.2) is 30.6 Å². The molecule has 2 heterocycles. The van der Waals surface area contributed by atoms with Gasteiger partial charge >= 0.3 is 0 Å². The quantitative estimate of drug-likeness (QED) is 0.757. The zero-order chi connectivity index (χ0) is 16.4. The number of aromatic nitrogens is 5. The fraction of sp³-hybridized carbons (Fsp3) is 0.375. The van der Waals surface area contributed by atoms with Crippen LogP contribution in [0, 0.1) is 6.92 Å². The van der Waals surface area contributed by atoms with Crippen LogP contribution in [0.3, 0.4) is 0 Å². The smallest absolute Gasteiger partial charge is 0.251 e. The lowest BCUT2D eigenvalue weighted by Crippen LogP contribution is -2.29. The number of aromatic amines is 1. The first-order valence-electron chi connectivity index (χ1n) is 7.73. The van der Waals surface area contributed by atoms with E-state index >= 15 is 0 Å². The van der Waals surface area contributed by atoms with Gasteiger partial charge in [0.1, 0.15) is 18.0 Å². The van der Waals surface area contributed by atoms with Crippen LogP contribution in [0.25, 0.3) is 11.0 Å². The van der Waals surface area contributed by atoms with E-state index in [4.69, 9.17) is 0 Å². The van der Waals surface area contributed by atoms with Crippen molar-refractivity contribution in [3.05, 3.63) is 41.7 Å². The van der Waals surface area contributed by atoms with Gasteiger partial charge in [0.2, 0.25) is 0 Å². The monoisotopic (exact) mass is 312 g/mol. The Hall–Kier alpha value is -2.70. The predicted molar refractivity (Wildman–Crippen MR) is 87.0 cm³/mol. The Bertz CT molecular complexity index is 834. The molecule has 120 valence electrons. The number of carbonyl (C=O) groups is 1. The molecule has 1 atom stereocenters. The minimum Gasteiger partial charge on any atom is -0.342 e. The summed E-state index contributed by atoms with van der Waals surface area (Å²) in [7, 11) is 0. The fourth-order valence-corrected chi connectivity index (χ4v) is 2.62. The van der Waals surface area contributed by atoms with E-state index in [-0.39, 0.29) is 11.9 Å². The maximum Gasteiger partial charge on any atom is 0.251 e. The molecule has 3 rings (SSSR count). The van der Waals surface area contributed by atoms with Crippen LogP contribution in [0.4, 0.5) is 0 Å². The summed E-state index contributed by atoms with van der Waals surface area (Å²) in [6, 6.07) is 5.23. The number of rotatable bonds is 5. The number of benzene rings is 1. The van der Waals surface area contributed by atoms with Gasteiger partial charge in [-0.15, -0.1) is 0 Å². The summed E-state index contributed by atoms with van der Waals surface area (Å²) >= 11 is 0. The number of nitrogens with zero attached hydrogens (tertiary/aromatic N) is 4. The highest BCUT2D eigenvalue weighted by Crippen LogP contribution is 2.15. The number of carbonyl (C=O) groups excluding carboxylic acids is 1. The molecule has 0 aliphatic carbocycles. The van der Waals surface area contributed by atoms with E-state index in [9.17, 15) is 4.79 Å². The molecule has 0 fully saturated rings. The van der Waals surface area contributed by atoms with Gasteiger partial charge in [-0.2, -0.15) is 5.10 Å². The number of fused-ring (bicyclic) bond motifs is 1. The maximum absolute atomic E-state index is 12.5. The van der Waals surface area contributed by atoms with Crippen molar-refractivity contribution in [1.29, 1.82) is 0 Å². The number of imidazole rings is 1. The molecular formula is C16H20N6O. The van der Waals surface area contributed by atoms with Gasteiger partial charge in [-0.3, -0.25) is 4.79 Å². The molecule has 0 aliphatic rings. The fourth-order valence-electron chi connectivity index (χ4n) is 2.62. The molecule has 0 bridgehead atoms.